The maximum Gasteiger partial charge on any atom is 0.265 e. The first-order chi connectivity index (χ1) is 13.9. The number of hydrogen-bond acceptors (Lipinski definition) is 5. The molecule has 8 heteroatoms. The molecule has 0 bridgehead atoms. The highest BCUT2D eigenvalue weighted by Crippen LogP contribution is 2.37. The number of ether oxygens (including phenoxy) is 3. The number of carbonyl (C=O) groups is 2. The van der Waals surface area contributed by atoms with Crippen molar-refractivity contribution in [2.24, 2.45) is 0 Å². The number of amides is 2. The van der Waals surface area contributed by atoms with E-state index in [1.807, 2.05) is 13.8 Å². The van der Waals surface area contributed by atoms with Gasteiger partial charge in [0.1, 0.15) is 5.75 Å². The van der Waals surface area contributed by atoms with Crippen molar-refractivity contribution >= 4 is 34.8 Å². The molecule has 1 heterocycles. The lowest BCUT2D eigenvalue weighted by Crippen LogP contribution is -2.34. The monoisotopic (exact) mass is 418 g/mol. The van der Waals surface area contributed by atoms with Gasteiger partial charge in [-0.2, -0.15) is 0 Å². The van der Waals surface area contributed by atoms with Gasteiger partial charge in [0, 0.05) is 11.3 Å². The Balaban J connectivity index is 1.82. The maximum atomic E-state index is 12.7. The van der Waals surface area contributed by atoms with Gasteiger partial charge in [0.05, 0.1) is 23.9 Å². The molecule has 0 aliphatic carbocycles. The Kier molecular flexibility index (Phi) is 6.49. The number of benzene rings is 2. The molecule has 0 aromatic heterocycles. The van der Waals surface area contributed by atoms with Crippen LogP contribution in [0.15, 0.2) is 30.3 Å². The number of anilines is 2. The van der Waals surface area contributed by atoms with Crippen LogP contribution in [0, 0.1) is 0 Å². The van der Waals surface area contributed by atoms with Gasteiger partial charge in [-0.15, -0.1) is 0 Å². The molecule has 2 amide bonds. The zero-order valence-corrected chi connectivity index (χ0v) is 17.3. The fourth-order valence-corrected chi connectivity index (χ4v) is 3.06. The molecule has 1 atom stereocenters. The highest BCUT2D eigenvalue weighted by Gasteiger charge is 2.24. The van der Waals surface area contributed by atoms with Gasteiger partial charge < -0.3 is 24.8 Å². The second-order valence-electron chi connectivity index (χ2n) is 6.48. The third-order valence-electron chi connectivity index (χ3n) is 4.19. The number of hydrogen-bond donors (Lipinski definition) is 2. The van der Waals surface area contributed by atoms with Gasteiger partial charge in [-0.25, -0.2) is 0 Å². The molecule has 154 valence electrons. The molecule has 0 saturated heterocycles. The molecule has 1 aliphatic heterocycles. The molecule has 2 N–H and O–H groups in total. The number of carbonyl (C=O) groups excluding carboxylic acids is 2. The van der Waals surface area contributed by atoms with Gasteiger partial charge in [0.2, 0.25) is 0 Å². The van der Waals surface area contributed by atoms with E-state index < -0.39 is 6.10 Å². The summed E-state index contributed by atoms with van der Waals surface area (Å²) < 4.78 is 16.8. The van der Waals surface area contributed by atoms with Crippen LogP contribution in [0.25, 0.3) is 0 Å². The summed E-state index contributed by atoms with van der Waals surface area (Å²) in [5, 5.41) is 5.85. The van der Waals surface area contributed by atoms with Crippen LogP contribution in [0.2, 0.25) is 5.02 Å². The van der Waals surface area contributed by atoms with Crippen LogP contribution in [-0.2, 0) is 4.79 Å². The normalized spacial score (nSPS) is 15.0. The smallest absolute Gasteiger partial charge is 0.265 e. The van der Waals surface area contributed by atoms with Gasteiger partial charge in [-0.1, -0.05) is 18.5 Å². The standard InChI is InChI=1S/C21H23ClN2O5/c1-4-8-28-19-15(22)9-13(10-18(19)27-5-2)21(26)23-14-6-7-17-16(11-14)24-20(25)12(3)29-17/h6-7,9-12H,4-5,8H2,1-3H3,(H,23,26)(H,24,25). The second kappa shape index (κ2) is 9.05. The van der Waals surface area contributed by atoms with Crippen molar-refractivity contribution in [3.63, 3.8) is 0 Å². The molecule has 1 aliphatic rings. The van der Waals surface area contributed by atoms with Gasteiger partial charge in [0.25, 0.3) is 11.8 Å². The van der Waals surface area contributed by atoms with Crippen LogP contribution >= 0.6 is 11.6 Å². The molecular formula is C21H23ClN2O5. The van der Waals surface area contributed by atoms with E-state index in [9.17, 15) is 9.59 Å². The van der Waals surface area contributed by atoms with E-state index >= 15 is 0 Å². The molecule has 7 nitrogen and oxygen atoms in total. The van der Waals surface area contributed by atoms with E-state index in [0.29, 0.717) is 52.4 Å². The summed E-state index contributed by atoms with van der Waals surface area (Å²) in [6.45, 7) is 6.40. The minimum atomic E-state index is -0.560. The predicted molar refractivity (Wildman–Crippen MR) is 112 cm³/mol. The summed E-state index contributed by atoms with van der Waals surface area (Å²) in [5.41, 5.74) is 1.34. The van der Waals surface area contributed by atoms with Gasteiger partial charge in [-0.05, 0) is 50.6 Å². The number of halogens is 1. The van der Waals surface area contributed by atoms with Crippen molar-refractivity contribution < 1.29 is 23.8 Å². The Bertz CT molecular complexity index is 932. The van der Waals surface area contributed by atoms with Gasteiger partial charge >= 0.3 is 0 Å². The first-order valence-corrected chi connectivity index (χ1v) is 9.82. The quantitative estimate of drug-likeness (QED) is 0.691. The first kappa shape index (κ1) is 20.8. The topological polar surface area (TPSA) is 85.9 Å². The SMILES string of the molecule is CCCOc1c(Cl)cc(C(=O)Nc2ccc3c(c2)NC(=O)C(C)O3)cc1OCC. The first-order valence-electron chi connectivity index (χ1n) is 9.45. The Morgan fingerprint density at radius 1 is 1.24 bits per heavy atom. The molecule has 0 spiro atoms. The highest BCUT2D eigenvalue weighted by molar-refractivity contribution is 6.32. The van der Waals surface area contributed by atoms with E-state index in [2.05, 4.69) is 10.6 Å². The molecule has 2 aromatic carbocycles. The van der Waals surface area contributed by atoms with Crippen molar-refractivity contribution in [1.82, 2.24) is 0 Å². The number of rotatable bonds is 7. The maximum absolute atomic E-state index is 12.7. The predicted octanol–water partition coefficient (Wildman–Crippen LogP) is 4.50. The lowest BCUT2D eigenvalue weighted by atomic mass is 10.1. The van der Waals surface area contributed by atoms with Crippen molar-refractivity contribution in [3.05, 3.63) is 40.9 Å². The molecule has 2 aromatic rings. The Morgan fingerprint density at radius 2 is 2.03 bits per heavy atom. The zero-order chi connectivity index (χ0) is 21.0. The summed E-state index contributed by atoms with van der Waals surface area (Å²) in [5.74, 6) is 0.783. The number of fused-ring (bicyclic) bond motifs is 1. The largest absolute Gasteiger partial charge is 0.490 e. The van der Waals surface area contributed by atoms with Crippen LogP contribution in [0.3, 0.4) is 0 Å². The summed E-state index contributed by atoms with van der Waals surface area (Å²) >= 11 is 6.33. The van der Waals surface area contributed by atoms with Crippen LogP contribution < -0.4 is 24.8 Å². The molecule has 0 saturated carbocycles. The fourth-order valence-electron chi connectivity index (χ4n) is 2.80. The Hall–Kier alpha value is -2.93. The Labute approximate surface area is 174 Å². The van der Waals surface area contributed by atoms with Crippen molar-refractivity contribution in [3.8, 4) is 17.2 Å². The summed E-state index contributed by atoms with van der Waals surface area (Å²) in [7, 11) is 0. The lowest BCUT2D eigenvalue weighted by Gasteiger charge is -2.23. The van der Waals surface area contributed by atoms with E-state index in [1.165, 1.54) is 6.07 Å². The zero-order valence-electron chi connectivity index (χ0n) is 16.5. The average Bonchev–Trinajstić information content (AvgIpc) is 2.68. The van der Waals surface area contributed by atoms with Crippen molar-refractivity contribution in [2.45, 2.75) is 33.3 Å². The van der Waals surface area contributed by atoms with E-state index in [0.717, 1.165) is 6.42 Å². The van der Waals surface area contributed by atoms with Crippen LogP contribution in [0.5, 0.6) is 17.2 Å². The third-order valence-corrected chi connectivity index (χ3v) is 4.47. The van der Waals surface area contributed by atoms with Crippen LogP contribution in [-0.4, -0.2) is 31.1 Å². The molecule has 0 fully saturated rings. The van der Waals surface area contributed by atoms with Gasteiger partial charge in [-0.3, -0.25) is 9.59 Å². The molecule has 29 heavy (non-hydrogen) atoms. The third kappa shape index (κ3) is 4.74. The molecule has 1 unspecified atom stereocenters. The summed E-state index contributed by atoms with van der Waals surface area (Å²) in [6.07, 6.45) is 0.261. The second-order valence-corrected chi connectivity index (χ2v) is 6.89. The Morgan fingerprint density at radius 3 is 2.76 bits per heavy atom. The van der Waals surface area contributed by atoms with Gasteiger partial charge in [0.15, 0.2) is 17.6 Å². The molecule has 3 rings (SSSR count). The van der Waals surface area contributed by atoms with Crippen molar-refractivity contribution in [1.29, 1.82) is 0 Å². The fraction of sp³-hybridized carbons (Fsp3) is 0.333. The van der Waals surface area contributed by atoms with E-state index in [-0.39, 0.29) is 11.8 Å². The molecular weight excluding hydrogens is 396 g/mol. The van der Waals surface area contributed by atoms with E-state index in [1.54, 1.807) is 31.2 Å². The van der Waals surface area contributed by atoms with E-state index in [4.69, 9.17) is 25.8 Å². The minimum absolute atomic E-state index is 0.239. The average molecular weight is 419 g/mol. The van der Waals surface area contributed by atoms with Crippen molar-refractivity contribution in [2.75, 3.05) is 23.8 Å². The van der Waals surface area contributed by atoms with Crippen LogP contribution in [0.4, 0.5) is 11.4 Å². The lowest BCUT2D eigenvalue weighted by molar-refractivity contribution is -0.122. The van der Waals surface area contributed by atoms with Crippen LogP contribution in [0.1, 0.15) is 37.6 Å². The molecule has 0 radical (unpaired) electrons. The number of nitrogens with one attached hydrogen (secondary N) is 2. The minimum Gasteiger partial charge on any atom is -0.490 e. The highest BCUT2D eigenvalue weighted by atomic mass is 35.5. The summed E-state index contributed by atoms with van der Waals surface area (Å²) in [4.78, 5) is 24.5. The summed E-state index contributed by atoms with van der Waals surface area (Å²) in [6, 6.07) is 8.17.